The quantitative estimate of drug-likeness (QED) is 0.614. The number of hydrogen-bond acceptors (Lipinski definition) is 4. The van der Waals surface area contributed by atoms with Gasteiger partial charge in [-0.1, -0.05) is 0 Å². The van der Waals surface area contributed by atoms with Gasteiger partial charge in [0.1, 0.15) is 0 Å². The molecular formula is C11H22N4O2. The largest absolute Gasteiger partial charge is 0.341 e. The van der Waals surface area contributed by atoms with Crippen LogP contribution in [0, 0.1) is 5.92 Å². The highest BCUT2D eigenvalue weighted by Crippen LogP contribution is 2.12. The van der Waals surface area contributed by atoms with Gasteiger partial charge in [0.05, 0.1) is 6.54 Å². The molecule has 0 bridgehead atoms. The van der Waals surface area contributed by atoms with E-state index in [0.29, 0.717) is 5.92 Å². The minimum Gasteiger partial charge on any atom is -0.341 e. The van der Waals surface area contributed by atoms with Crippen molar-refractivity contribution in [1.82, 2.24) is 20.9 Å². The Balaban J connectivity index is 2.21. The average molecular weight is 242 g/mol. The average Bonchev–Trinajstić information content (AvgIpc) is 2.29. The lowest BCUT2D eigenvalue weighted by Gasteiger charge is -2.27. The fourth-order valence-corrected chi connectivity index (χ4v) is 2.04. The standard InChI is InChI=1S/C11H22N4O2/c1-12-11(17)14-10(16)8-15(2)7-9-3-5-13-6-4-9/h9,13H,3-8H2,1-2H3,(H2,12,14,16,17). The Morgan fingerprint density at radius 3 is 2.59 bits per heavy atom. The summed E-state index contributed by atoms with van der Waals surface area (Å²) in [4.78, 5) is 24.3. The zero-order valence-corrected chi connectivity index (χ0v) is 10.6. The summed E-state index contributed by atoms with van der Waals surface area (Å²) in [6.07, 6.45) is 2.31. The van der Waals surface area contributed by atoms with E-state index in [1.165, 1.54) is 7.05 Å². The SMILES string of the molecule is CNC(=O)NC(=O)CN(C)CC1CCNCC1. The number of carbonyl (C=O) groups excluding carboxylic acids is 2. The van der Waals surface area contributed by atoms with Gasteiger partial charge in [-0.25, -0.2) is 4.79 Å². The van der Waals surface area contributed by atoms with E-state index in [9.17, 15) is 9.59 Å². The van der Waals surface area contributed by atoms with Gasteiger partial charge in [0.15, 0.2) is 0 Å². The lowest BCUT2D eigenvalue weighted by atomic mass is 9.98. The second kappa shape index (κ2) is 7.24. The van der Waals surface area contributed by atoms with Crippen LogP contribution in [-0.4, -0.2) is 57.1 Å². The van der Waals surface area contributed by atoms with Gasteiger partial charge in [0.2, 0.25) is 5.91 Å². The molecule has 98 valence electrons. The number of nitrogens with zero attached hydrogens (tertiary/aromatic N) is 1. The summed E-state index contributed by atoms with van der Waals surface area (Å²) in [7, 11) is 3.40. The monoisotopic (exact) mass is 242 g/mol. The van der Waals surface area contributed by atoms with E-state index < -0.39 is 6.03 Å². The zero-order chi connectivity index (χ0) is 12.7. The van der Waals surface area contributed by atoms with Crippen LogP contribution < -0.4 is 16.0 Å². The maximum Gasteiger partial charge on any atom is 0.321 e. The predicted molar refractivity (Wildman–Crippen MR) is 65.7 cm³/mol. The Morgan fingerprint density at radius 1 is 1.35 bits per heavy atom. The van der Waals surface area contributed by atoms with Crippen LogP contribution in [0.15, 0.2) is 0 Å². The highest BCUT2D eigenvalue weighted by molar-refractivity contribution is 5.95. The van der Waals surface area contributed by atoms with E-state index in [2.05, 4.69) is 16.0 Å². The number of imide groups is 1. The van der Waals surface area contributed by atoms with Crippen molar-refractivity contribution in [2.24, 2.45) is 5.92 Å². The van der Waals surface area contributed by atoms with Crippen LogP contribution in [0.25, 0.3) is 0 Å². The summed E-state index contributed by atoms with van der Waals surface area (Å²) in [6, 6.07) is -0.453. The summed E-state index contributed by atoms with van der Waals surface area (Å²) in [5.41, 5.74) is 0. The van der Waals surface area contributed by atoms with E-state index in [1.54, 1.807) is 0 Å². The number of urea groups is 1. The van der Waals surface area contributed by atoms with Gasteiger partial charge in [-0.15, -0.1) is 0 Å². The number of amides is 3. The van der Waals surface area contributed by atoms with Crippen LogP contribution in [0.4, 0.5) is 4.79 Å². The molecule has 0 spiro atoms. The Labute approximate surface area is 102 Å². The van der Waals surface area contributed by atoms with Gasteiger partial charge in [-0.3, -0.25) is 15.0 Å². The third-order valence-electron chi connectivity index (χ3n) is 2.92. The van der Waals surface area contributed by atoms with Crippen LogP contribution in [0.1, 0.15) is 12.8 Å². The Bertz CT molecular complexity index is 264. The maximum absolute atomic E-state index is 11.4. The van der Waals surface area contributed by atoms with Crippen molar-refractivity contribution in [3.8, 4) is 0 Å². The first-order valence-corrected chi connectivity index (χ1v) is 6.02. The van der Waals surface area contributed by atoms with E-state index in [0.717, 1.165) is 32.5 Å². The third-order valence-corrected chi connectivity index (χ3v) is 2.92. The summed E-state index contributed by atoms with van der Waals surface area (Å²) in [6.45, 7) is 3.28. The molecule has 0 saturated carbocycles. The Kier molecular flexibility index (Phi) is 5.93. The molecule has 0 atom stereocenters. The van der Waals surface area contributed by atoms with E-state index in [1.807, 2.05) is 11.9 Å². The number of likely N-dealkylation sites (N-methyl/N-ethyl adjacent to an activating group) is 1. The normalized spacial score (nSPS) is 16.9. The number of nitrogens with one attached hydrogen (secondary N) is 3. The molecule has 3 amide bonds. The Morgan fingerprint density at radius 2 is 2.00 bits per heavy atom. The summed E-state index contributed by atoms with van der Waals surface area (Å²) in [5.74, 6) is 0.384. The van der Waals surface area contributed by atoms with Crippen molar-refractivity contribution in [2.45, 2.75) is 12.8 Å². The highest BCUT2D eigenvalue weighted by atomic mass is 16.2. The Hall–Kier alpha value is -1.14. The summed E-state index contributed by atoms with van der Waals surface area (Å²) < 4.78 is 0. The van der Waals surface area contributed by atoms with Crippen LogP contribution in [0.5, 0.6) is 0 Å². The van der Waals surface area contributed by atoms with Crippen molar-refractivity contribution in [3.63, 3.8) is 0 Å². The molecule has 1 saturated heterocycles. The molecule has 1 aliphatic heterocycles. The first-order valence-electron chi connectivity index (χ1n) is 6.02. The second-order valence-corrected chi connectivity index (χ2v) is 4.52. The van der Waals surface area contributed by atoms with Gasteiger partial charge >= 0.3 is 6.03 Å². The van der Waals surface area contributed by atoms with E-state index >= 15 is 0 Å². The van der Waals surface area contributed by atoms with Crippen molar-refractivity contribution in [3.05, 3.63) is 0 Å². The minimum atomic E-state index is -0.453. The third kappa shape index (κ3) is 5.65. The number of hydrogen-bond donors (Lipinski definition) is 3. The second-order valence-electron chi connectivity index (χ2n) is 4.52. The molecule has 0 aromatic rings. The summed E-state index contributed by atoms with van der Waals surface area (Å²) in [5, 5.41) is 7.92. The minimum absolute atomic E-state index is 0.261. The van der Waals surface area contributed by atoms with Gasteiger partial charge in [-0.05, 0) is 38.9 Å². The molecule has 0 unspecified atom stereocenters. The highest BCUT2D eigenvalue weighted by Gasteiger charge is 2.16. The summed E-state index contributed by atoms with van der Waals surface area (Å²) >= 11 is 0. The molecular weight excluding hydrogens is 220 g/mol. The van der Waals surface area contributed by atoms with Crippen molar-refractivity contribution in [2.75, 3.05) is 40.3 Å². The van der Waals surface area contributed by atoms with Gasteiger partial charge < -0.3 is 10.6 Å². The first kappa shape index (κ1) is 13.9. The molecule has 0 aromatic carbocycles. The fourth-order valence-electron chi connectivity index (χ4n) is 2.04. The zero-order valence-electron chi connectivity index (χ0n) is 10.6. The molecule has 0 aliphatic carbocycles. The topological polar surface area (TPSA) is 73.5 Å². The van der Waals surface area contributed by atoms with Crippen molar-refractivity contribution in [1.29, 1.82) is 0 Å². The molecule has 0 radical (unpaired) electrons. The maximum atomic E-state index is 11.4. The predicted octanol–water partition coefficient (Wildman–Crippen LogP) is -0.627. The lowest BCUT2D eigenvalue weighted by molar-refractivity contribution is -0.121. The number of carbonyl (C=O) groups is 2. The molecule has 1 aliphatic rings. The van der Waals surface area contributed by atoms with E-state index in [4.69, 9.17) is 0 Å². The van der Waals surface area contributed by atoms with Gasteiger partial charge in [-0.2, -0.15) is 0 Å². The molecule has 0 aromatic heterocycles. The van der Waals surface area contributed by atoms with Crippen LogP contribution in [-0.2, 0) is 4.79 Å². The van der Waals surface area contributed by atoms with Crippen LogP contribution in [0.2, 0.25) is 0 Å². The molecule has 1 rings (SSSR count). The van der Waals surface area contributed by atoms with E-state index in [-0.39, 0.29) is 12.5 Å². The number of piperidine rings is 1. The fraction of sp³-hybridized carbons (Fsp3) is 0.818. The van der Waals surface area contributed by atoms with Crippen LogP contribution >= 0.6 is 0 Å². The molecule has 6 nitrogen and oxygen atoms in total. The van der Waals surface area contributed by atoms with Gasteiger partial charge in [0, 0.05) is 13.6 Å². The van der Waals surface area contributed by atoms with Crippen molar-refractivity contribution < 1.29 is 9.59 Å². The van der Waals surface area contributed by atoms with Crippen LogP contribution in [0.3, 0.4) is 0 Å². The molecule has 3 N–H and O–H groups in total. The van der Waals surface area contributed by atoms with Gasteiger partial charge in [0.25, 0.3) is 0 Å². The molecule has 1 fully saturated rings. The first-order chi connectivity index (χ1) is 8.11. The molecule has 17 heavy (non-hydrogen) atoms. The smallest absolute Gasteiger partial charge is 0.321 e. The molecule has 6 heteroatoms. The lowest BCUT2D eigenvalue weighted by Crippen LogP contribution is -2.44. The van der Waals surface area contributed by atoms with Crippen molar-refractivity contribution >= 4 is 11.9 Å². The molecule has 1 heterocycles. The number of rotatable bonds is 4.